The van der Waals surface area contributed by atoms with E-state index in [1.807, 2.05) is 18.2 Å². The van der Waals surface area contributed by atoms with E-state index in [1.54, 1.807) is 0 Å². The molecule has 1 fully saturated rings. The van der Waals surface area contributed by atoms with Crippen LogP contribution < -0.4 is 0 Å². The zero-order valence-corrected chi connectivity index (χ0v) is 14.0. The molecule has 8 nitrogen and oxygen atoms in total. The summed E-state index contributed by atoms with van der Waals surface area (Å²) in [7, 11) is 0. The number of benzene rings is 1. The van der Waals surface area contributed by atoms with Crippen molar-refractivity contribution in [2.45, 2.75) is 20.0 Å². The number of hydrogen-bond donors (Lipinski definition) is 4. The summed E-state index contributed by atoms with van der Waals surface area (Å²) < 4.78 is 5.09. The summed E-state index contributed by atoms with van der Waals surface area (Å²) >= 11 is 0. The number of carboxylic acids is 2. The molecule has 0 aromatic heterocycles. The Morgan fingerprint density at radius 1 is 0.920 bits per heavy atom. The molecule has 1 aromatic carbocycles. The van der Waals surface area contributed by atoms with E-state index in [9.17, 15) is 9.59 Å². The van der Waals surface area contributed by atoms with Crippen molar-refractivity contribution < 1.29 is 39.5 Å². The van der Waals surface area contributed by atoms with Crippen LogP contribution in [0.1, 0.15) is 25.5 Å². The molecule has 1 atom stereocenters. The number of aliphatic carboxylic acids is 2. The molecule has 0 bridgehead atoms. The summed E-state index contributed by atoms with van der Waals surface area (Å²) in [4.78, 5) is 27.8. The Morgan fingerprint density at radius 3 is 1.40 bits per heavy atom. The molecule has 138 valence electrons. The Hall–Kier alpha value is -3.13. The van der Waals surface area contributed by atoms with Crippen molar-refractivity contribution in [3.63, 3.8) is 0 Å². The lowest BCUT2D eigenvalue weighted by molar-refractivity contribution is -0.133. The molecule has 0 aliphatic carbocycles. The van der Waals surface area contributed by atoms with Crippen molar-refractivity contribution in [2.24, 2.45) is 0 Å². The van der Waals surface area contributed by atoms with Gasteiger partial charge in [-0.15, -0.1) is 0 Å². The summed E-state index contributed by atoms with van der Waals surface area (Å²) in [6, 6.07) is 10.3. The van der Waals surface area contributed by atoms with Crippen molar-refractivity contribution in [2.75, 3.05) is 6.61 Å². The number of epoxide rings is 1. The number of carboxylic acid groups (broad SMARTS) is 4. The standard InChI is InChI=1S/C8H8O.2C4H6O2.CH2O3/c1-2-4-7(5-3-1)8-6-9-8;2*1-3(2)4(5)6;2-1(3)4/h1-5,8H,6H2;2*1H2,2H3,(H,5,6);(H2,2,3,4). The molecule has 1 aromatic rings. The molecule has 1 unspecified atom stereocenters. The first-order valence-electron chi connectivity index (χ1n) is 6.85. The fourth-order valence-electron chi connectivity index (χ4n) is 0.908. The van der Waals surface area contributed by atoms with Gasteiger partial charge >= 0.3 is 18.1 Å². The van der Waals surface area contributed by atoms with Crippen molar-refractivity contribution >= 4 is 18.1 Å². The van der Waals surface area contributed by atoms with E-state index in [4.69, 9.17) is 30.0 Å². The van der Waals surface area contributed by atoms with Gasteiger partial charge in [-0.25, -0.2) is 14.4 Å². The van der Waals surface area contributed by atoms with E-state index in [2.05, 4.69) is 25.3 Å². The largest absolute Gasteiger partial charge is 0.503 e. The van der Waals surface area contributed by atoms with Crippen LogP contribution in [0.4, 0.5) is 4.79 Å². The van der Waals surface area contributed by atoms with Crippen LogP contribution in [0.2, 0.25) is 0 Å². The second-order valence-electron chi connectivity index (χ2n) is 4.69. The van der Waals surface area contributed by atoms with Gasteiger partial charge < -0.3 is 25.2 Å². The van der Waals surface area contributed by atoms with Crippen LogP contribution in [0.25, 0.3) is 0 Å². The smallest absolute Gasteiger partial charge is 0.478 e. The quantitative estimate of drug-likeness (QED) is 0.478. The van der Waals surface area contributed by atoms with Gasteiger partial charge in [-0.05, 0) is 19.4 Å². The van der Waals surface area contributed by atoms with Gasteiger partial charge in [0.15, 0.2) is 0 Å². The number of rotatable bonds is 3. The van der Waals surface area contributed by atoms with Gasteiger partial charge in [0.2, 0.25) is 0 Å². The SMILES string of the molecule is C=C(C)C(=O)O.C=C(C)C(=O)O.O=C(O)O.c1ccc(C2CO2)cc1. The van der Waals surface area contributed by atoms with Crippen LogP contribution in [0.5, 0.6) is 0 Å². The second-order valence-corrected chi connectivity index (χ2v) is 4.69. The fourth-order valence-corrected chi connectivity index (χ4v) is 0.908. The molecule has 0 spiro atoms. The van der Waals surface area contributed by atoms with Crippen LogP contribution in [0.3, 0.4) is 0 Å². The lowest BCUT2D eigenvalue weighted by Crippen LogP contribution is -1.92. The normalized spacial score (nSPS) is 13.1. The highest BCUT2D eigenvalue weighted by Gasteiger charge is 2.23. The van der Waals surface area contributed by atoms with Crippen LogP contribution in [-0.2, 0) is 14.3 Å². The van der Waals surface area contributed by atoms with Crippen molar-refractivity contribution in [1.29, 1.82) is 0 Å². The van der Waals surface area contributed by atoms with Gasteiger partial charge in [0.1, 0.15) is 6.10 Å². The van der Waals surface area contributed by atoms with Gasteiger partial charge in [0.05, 0.1) is 6.61 Å². The fraction of sp³-hybridized carbons (Fsp3) is 0.235. The average Bonchev–Trinajstić information content (AvgIpc) is 3.33. The molecule has 0 saturated carbocycles. The molecule has 8 heteroatoms. The molecule has 1 saturated heterocycles. The maximum atomic E-state index is 9.60. The Labute approximate surface area is 145 Å². The first-order valence-corrected chi connectivity index (χ1v) is 6.85. The van der Waals surface area contributed by atoms with Crippen LogP contribution in [-0.4, -0.2) is 45.1 Å². The van der Waals surface area contributed by atoms with Crippen molar-refractivity contribution in [1.82, 2.24) is 0 Å². The Kier molecular flexibility index (Phi) is 12.9. The molecule has 0 radical (unpaired) electrons. The van der Waals surface area contributed by atoms with E-state index in [1.165, 1.54) is 19.4 Å². The van der Waals surface area contributed by atoms with E-state index in [0.29, 0.717) is 6.10 Å². The van der Waals surface area contributed by atoms with E-state index in [-0.39, 0.29) is 11.1 Å². The van der Waals surface area contributed by atoms with Gasteiger partial charge in [0, 0.05) is 11.1 Å². The summed E-state index contributed by atoms with van der Waals surface area (Å²) in [6.07, 6.45) is -1.42. The molecule has 4 N–H and O–H groups in total. The molecule has 2 rings (SSSR count). The minimum absolute atomic E-state index is 0.176. The molecule has 1 aliphatic heterocycles. The average molecular weight is 354 g/mol. The third-order valence-corrected chi connectivity index (χ3v) is 2.23. The predicted octanol–water partition coefficient (Wildman–Crippen LogP) is 3.27. The van der Waals surface area contributed by atoms with Crippen LogP contribution in [0, 0.1) is 0 Å². The molecule has 25 heavy (non-hydrogen) atoms. The Bertz CT molecular complexity index is 536. The lowest BCUT2D eigenvalue weighted by Gasteiger charge is -1.89. The maximum absolute atomic E-state index is 9.60. The first-order chi connectivity index (χ1) is 11.5. The Balaban J connectivity index is 0. The highest BCUT2D eigenvalue weighted by molar-refractivity contribution is 5.85. The minimum Gasteiger partial charge on any atom is -0.478 e. The van der Waals surface area contributed by atoms with Gasteiger partial charge in [-0.2, -0.15) is 0 Å². The molecule has 0 amide bonds. The molecular formula is C17H22O8. The van der Waals surface area contributed by atoms with Gasteiger partial charge in [-0.3, -0.25) is 0 Å². The van der Waals surface area contributed by atoms with Crippen LogP contribution in [0.15, 0.2) is 54.6 Å². The van der Waals surface area contributed by atoms with Crippen molar-refractivity contribution in [3.05, 3.63) is 60.2 Å². The van der Waals surface area contributed by atoms with Crippen LogP contribution >= 0.6 is 0 Å². The van der Waals surface area contributed by atoms with E-state index < -0.39 is 18.1 Å². The number of carbonyl (C=O) groups is 3. The predicted molar refractivity (Wildman–Crippen MR) is 90.7 cm³/mol. The Morgan fingerprint density at radius 2 is 1.20 bits per heavy atom. The third-order valence-electron chi connectivity index (χ3n) is 2.23. The summed E-state index contributed by atoms with van der Waals surface area (Å²) in [5.41, 5.74) is 1.66. The summed E-state index contributed by atoms with van der Waals surface area (Å²) in [5, 5.41) is 29.7. The van der Waals surface area contributed by atoms with Gasteiger partial charge in [-0.1, -0.05) is 43.5 Å². The number of ether oxygens (including phenoxy) is 1. The van der Waals surface area contributed by atoms with Crippen molar-refractivity contribution in [3.8, 4) is 0 Å². The summed E-state index contributed by atoms with van der Waals surface area (Å²) in [5.74, 6) is -1.87. The zero-order chi connectivity index (χ0) is 20.0. The minimum atomic E-state index is -1.83. The second kappa shape index (κ2) is 13.3. The topological polar surface area (TPSA) is 145 Å². The monoisotopic (exact) mass is 354 g/mol. The first kappa shape index (κ1) is 24.1. The lowest BCUT2D eigenvalue weighted by atomic mass is 10.2. The van der Waals surface area contributed by atoms with Gasteiger partial charge in [0.25, 0.3) is 0 Å². The van der Waals surface area contributed by atoms with E-state index in [0.717, 1.165) is 6.61 Å². The highest BCUT2D eigenvalue weighted by Crippen LogP contribution is 2.28. The molecule has 1 aliphatic rings. The summed E-state index contributed by atoms with van der Waals surface area (Å²) in [6.45, 7) is 10.1. The zero-order valence-electron chi connectivity index (χ0n) is 14.0. The third kappa shape index (κ3) is 18.8. The molecular weight excluding hydrogens is 332 g/mol. The maximum Gasteiger partial charge on any atom is 0.503 e. The molecule has 1 heterocycles. The highest BCUT2D eigenvalue weighted by atomic mass is 16.6. The number of hydrogen-bond acceptors (Lipinski definition) is 4. The van der Waals surface area contributed by atoms with E-state index >= 15 is 0 Å².